The van der Waals surface area contributed by atoms with Crippen LogP contribution in [0.4, 0.5) is 4.39 Å². The molecule has 0 N–H and O–H groups in total. The van der Waals surface area contributed by atoms with Crippen molar-refractivity contribution >= 4 is 23.8 Å². The molecule has 0 fully saturated rings. The normalized spacial score (nSPS) is 10.5. The molecule has 142 valence electrons. The Morgan fingerprint density at radius 1 is 0.793 bits per heavy atom. The fourth-order valence-electron chi connectivity index (χ4n) is 2.93. The minimum absolute atomic E-state index is 0.192. The van der Waals surface area contributed by atoms with Crippen molar-refractivity contribution < 1.29 is 23.5 Å². The van der Waals surface area contributed by atoms with Gasteiger partial charge in [-0.05, 0) is 24.3 Å². The third-order valence-corrected chi connectivity index (χ3v) is 4.11. The van der Waals surface area contributed by atoms with Crippen LogP contribution < -0.4 is 9.47 Å². The Hall–Kier alpha value is -4.20. The summed E-state index contributed by atoms with van der Waals surface area (Å²) in [5.74, 6) is 0.00912. The summed E-state index contributed by atoms with van der Waals surface area (Å²) in [7, 11) is 0. The molecule has 4 aromatic rings. The molecule has 29 heavy (non-hydrogen) atoms. The van der Waals surface area contributed by atoms with Crippen LogP contribution in [0.5, 0.6) is 11.5 Å². The summed E-state index contributed by atoms with van der Waals surface area (Å²) in [4.78, 5) is 34.6. The summed E-state index contributed by atoms with van der Waals surface area (Å²) in [6.07, 6.45) is 3.04. The average molecular weight is 389 g/mol. The number of ether oxygens (including phenoxy) is 2. The van der Waals surface area contributed by atoms with Crippen LogP contribution in [0.2, 0.25) is 0 Å². The van der Waals surface area contributed by atoms with E-state index in [0.29, 0.717) is 40.0 Å². The van der Waals surface area contributed by atoms with E-state index in [0.717, 1.165) is 0 Å². The number of benzene rings is 1. The van der Waals surface area contributed by atoms with Crippen molar-refractivity contribution in [3.8, 4) is 34.1 Å². The molecule has 7 nitrogen and oxygen atoms in total. The van der Waals surface area contributed by atoms with Crippen molar-refractivity contribution in [2.75, 3.05) is 0 Å². The Labute approximate surface area is 163 Å². The number of halogens is 1. The van der Waals surface area contributed by atoms with E-state index in [1.54, 1.807) is 18.3 Å². The maximum absolute atomic E-state index is 14.2. The van der Waals surface area contributed by atoms with Gasteiger partial charge in [0.05, 0.1) is 22.6 Å². The standard InChI is InChI=1S/C21H12FN3O4/c22-14-6-13-2-1-4-24-21(13)17(7-14)18-9-16(29-12-27)10-20(25-18)19-8-15(28-11-26)3-5-23-19/h1-12H. The highest BCUT2D eigenvalue weighted by atomic mass is 19.1. The number of rotatable bonds is 6. The summed E-state index contributed by atoms with van der Waals surface area (Å²) >= 11 is 0. The van der Waals surface area contributed by atoms with Gasteiger partial charge in [-0.1, -0.05) is 6.07 Å². The van der Waals surface area contributed by atoms with Crippen LogP contribution in [-0.2, 0) is 9.59 Å². The maximum Gasteiger partial charge on any atom is 0.298 e. The van der Waals surface area contributed by atoms with E-state index >= 15 is 0 Å². The van der Waals surface area contributed by atoms with Gasteiger partial charge in [0, 0.05) is 41.5 Å². The predicted octanol–water partition coefficient (Wildman–Crippen LogP) is 3.57. The molecule has 0 saturated heterocycles. The monoisotopic (exact) mass is 389 g/mol. The quantitative estimate of drug-likeness (QED) is 0.466. The van der Waals surface area contributed by atoms with Gasteiger partial charge in [0.15, 0.2) is 0 Å². The number of carbonyl (C=O) groups excluding carboxylic acids is 2. The molecule has 1 aromatic carbocycles. The minimum Gasteiger partial charge on any atom is -0.429 e. The second-order valence-electron chi connectivity index (χ2n) is 5.91. The molecule has 0 radical (unpaired) electrons. The third kappa shape index (κ3) is 3.77. The van der Waals surface area contributed by atoms with Gasteiger partial charge in [-0.2, -0.15) is 0 Å². The first-order valence-electron chi connectivity index (χ1n) is 8.41. The molecule has 0 aliphatic heterocycles. The fourth-order valence-corrected chi connectivity index (χ4v) is 2.93. The average Bonchev–Trinajstić information content (AvgIpc) is 2.73. The van der Waals surface area contributed by atoms with E-state index in [1.807, 2.05) is 0 Å². The van der Waals surface area contributed by atoms with Gasteiger partial charge in [-0.25, -0.2) is 9.37 Å². The number of aromatic nitrogens is 3. The Bertz CT molecular complexity index is 1230. The van der Waals surface area contributed by atoms with E-state index in [4.69, 9.17) is 9.47 Å². The first-order chi connectivity index (χ1) is 14.2. The van der Waals surface area contributed by atoms with Gasteiger partial charge in [0.25, 0.3) is 12.9 Å². The second-order valence-corrected chi connectivity index (χ2v) is 5.91. The molecular weight excluding hydrogens is 377 g/mol. The van der Waals surface area contributed by atoms with Crippen molar-refractivity contribution in [1.82, 2.24) is 15.0 Å². The van der Waals surface area contributed by atoms with Gasteiger partial charge in [0.1, 0.15) is 17.3 Å². The topological polar surface area (TPSA) is 91.3 Å². The lowest BCUT2D eigenvalue weighted by Crippen LogP contribution is -1.97. The van der Waals surface area contributed by atoms with Crippen LogP contribution in [0.25, 0.3) is 33.5 Å². The minimum atomic E-state index is -0.454. The van der Waals surface area contributed by atoms with E-state index in [-0.39, 0.29) is 18.0 Å². The number of pyridine rings is 3. The van der Waals surface area contributed by atoms with Crippen LogP contribution in [0, 0.1) is 5.82 Å². The molecule has 0 aliphatic rings. The number of fused-ring (bicyclic) bond motifs is 1. The van der Waals surface area contributed by atoms with Gasteiger partial charge in [0.2, 0.25) is 0 Å². The lowest BCUT2D eigenvalue weighted by atomic mass is 10.0. The molecule has 3 aromatic heterocycles. The molecule has 0 amide bonds. The van der Waals surface area contributed by atoms with Crippen molar-refractivity contribution in [2.45, 2.75) is 0 Å². The first kappa shape index (κ1) is 18.2. The van der Waals surface area contributed by atoms with Crippen molar-refractivity contribution in [2.24, 2.45) is 0 Å². The lowest BCUT2D eigenvalue weighted by molar-refractivity contribution is -0.121. The molecular formula is C21H12FN3O4. The van der Waals surface area contributed by atoms with E-state index < -0.39 is 5.82 Å². The van der Waals surface area contributed by atoms with Crippen molar-refractivity contribution in [3.05, 3.63) is 66.7 Å². The zero-order valence-electron chi connectivity index (χ0n) is 14.8. The van der Waals surface area contributed by atoms with Crippen LogP contribution >= 0.6 is 0 Å². The Morgan fingerprint density at radius 2 is 1.55 bits per heavy atom. The number of carbonyl (C=O) groups is 2. The Morgan fingerprint density at radius 3 is 2.38 bits per heavy atom. The Balaban J connectivity index is 1.93. The molecule has 4 rings (SSSR count). The summed E-state index contributed by atoms with van der Waals surface area (Å²) in [5, 5.41) is 0.604. The SMILES string of the molecule is O=COc1ccnc(-c2cc(OC=O)cc(-c3cc(F)cc4cccnc34)n2)c1. The largest absolute Gasteiger partial charge is 0.429 e. The van der Waals surface area contributed by atoms with E-state index in [9.17, 15) is 14.0 Å². The molecule has 0 bridgehead atoms. The smallest absolute Gasteiger partial charge is 0.298 e. The van der Waals surface area contributed by atoms with Crippen LogP contribution in [-0.4, -0.2) is 27.9 Å². The third-order valence-electron chi connectivity index (χ3n) is 4.11. The van der Waals surface area contributed by atoms with Gasteiger partial charge >= 0.3 is 0 Å². The lowest BCUT2D eigenvalue weighted by Gasteiger charge is -2.10. The highest BCUT2D eigenvalue weighted by Crippen LogP contribution is 2.32. The highest BCUT2D eigenvalue weighted by Gasteiger charge is 2.14. The van der Waals surface area contributed by atoms with Gasteiger partial charge in [-0.15, -0.1) is 0 Å². The second kappa shape index (κ2) is 7.81. The van der Waals surface area contributed by atoms with Crippen molar-refractivity contribution in [1.29, 1.82) is 0 Å². The molecule has 8 heteroatoms. The zero-order valence-corrected chi connectivity index (χ0v) is 14.8. The van der Waals surface area contributed by atoms with Crippen LogP contribution in [0.1, 0.15) is 0 Å². The summed E-state index contributed by atoms with van der Waals surface area (Å²) < 4.78 is 24.0. The van der Waals surface area contributed by atoms with E-state index in [2.05, 4.69) is 15.0 Å². The summed E-state index contributed by atoms with van der Waals surface area (Å²) in [5.41, 5.74) is 2.02. The van der Waals surface area contributed by atoms with Gasteiger partial charge in [-0.3, -0.25) is 19.6 Å². The van der Waals surface area contributed by atoms with Crippen LogP contribution in [0.3, 0.4) is 0 Å². The highest BCUT2D eigenvalue weighted by molar-refractivity contribution is 5.93. The summed E-state index contributed by atoms with van der Waals surface area (Å²) in [6, 6.07) is 12.2. The Kier molecular flexibility index (Phi) is 4.90. The number of hydrogen-bond donors (Lipinski definition) is 0. The molecule has 0 aliphatic carbocycles. The van der Waals surface area contributed by atoms with Gasteiger partial charge < -0.3 is 9.47 Å². The number of hydrogen-bond acceptors (Lipinski definition) is 7. The molecule has 0 atom stereocenters. The van der Waals surface area contributed by atoms with Crippen molar-refractivity contribution in [3.63, 3.8) is 0 Å². The first-order valence-corrected chi connectivity index (χ1v) is 8.41. The molecule has 0 spiro atoms. The number of nitrogens with zero attached hydrogens (tertiary/aromatic N) is 3. The van der Waals surface area contributed by atoms with E-state index in [1.165, 1.54) is 42.6 Å². The summed E-state index contributed by atoms with van der Waals surface area (Å²) in [6.45, 7) is 0.582. The predicted molar refractivity (Wildman–Crippen MR) is 102 cm³/mol. The molecule has 3 heterocycles. The zero-order chi connectivity index (χ0) is 20.2. The maximum atomic E-state index is 14.2. The fraction of sp³-hybridized carbons (Fsp3) is 0. The van der Waals surface area contributed by atoms with Crippen LogP contribution in [0.15, 0.2) is 60.9 Å². The molecule has 0 saturated carbocycles. The molecule has 0 unspecified atom stereocenters.